The molecule has 0 aromatic heterocycles. The quantitative estimate of drug-likeness (QED) is 0.439. The van der Waals surface area contributed by atoms with Crippen LogP contribution in [0, 0.1) is 0 Å². The van der Waals surface area contributed by atoms with E-state index in [1.54, 1.807) is 0 Å². The van der Waals surface area contributed by atoms with E-state index >= 15 is 0 Å². The van der Waals surface area contributed by atoms with Gasteiger partial charge in [-0.1, -0.05) is 0 Å². The molecule has 0 aromatic rings. The molecule has 2 atom stereocenters. The van der Waals surface area contributed by atoms with Gasteiger partial charge < -0.3 is 10.2 Å². The first-order chi connectivity index (χ1) is 13.9. The van der Waals surface area contributed by atoms with Crippen LogP contribution < -0.4 is 16.0 Å². The fourth-order valence-electron chi connectivity index (χ4n) is 4.19. The van der Waals surface area contributed by atoms with Crippen LogP contribution in [0.25, 0.3) is 0 Å². The van der Waals surface area contributed by atoms with Crippen molar-refractivity contribution < 1.29 is 19.2 Å². The predicted molar refractivity (Wildman–Crippen MR) is 106 cm³/mol. The van der Waals surface area contributed by atoms with Gasteiger partial charge in [0.2, 0.25) is 23.6 Å². The molecule has 162 valence electrons. The van der Waals surface area contributed by atoms with Gasteiger partial charge in [0.15, 0.2) is 0 Å². The molecule has 0 spiro atoms. The summed E-state index contributed by atoms with van der Waals surface area (Å²) in [6, 6.07) is -0.175. The van der Waals surface area contributed by atoms with Crippen LogP contribution in [-0.2, 0) is 19.2 Å². The minimum absolute atomic E-state index is 0.0867. The number of hydrogen-bond donors (Lipinski definition) is 3. The Morgan fingerprint density at radius 2 is 1.14 bits per heavy atom. The molecule has 0 aromatic carbocycles. The number of nitrogens with one attached hydrogen (secondary N) is 3. The van der Waals surface area contributed by atoms with Crippen LogP contribution in [0.4, 0.5) is 0 Å². The maximum atomic E-state index is 11.6. The number of carbonyl (C=O) groups is 4. The fraction of sp³-hybridized carbons (Fsp3) is 0.789. The van der Waals surface area contributed by atoms with E-state index in [9.17, 15) is 19.2 Å². The lowest BCUT2D eigenvalue weighted by molar-refractivity contribution is -0.139. The molecular formula is C19H32N6O4. The number of piperazine rings is 2. The molecule has 10 nitrogen and oxygen atoms in total. The Balaban J connectivity index is 0.000000166. The monoisotopic (exact) mass is 408 g/mol. The van der Waals surface area contributed by atoms with E-state index in [0.29, 0.717) is 25.7 Å². The number of likely N-dealkylation sites (N-methyl/N-ethyl adjacent to an activating group) is 1. The summed E-state index contributed by atoms with van der Waals surface area (Å²) in [4.78, 5) is 51.6. The van der Waals surface area contributed by atoms with Gasteiger partial charge in [-0.15, -0.1) is 0 Å². The molecule has 0 aliphatic carbocycles. The molecule has 4 rings (SSSR count). The minimum atomic E-state index is -0.138. The van der Waals surface area contributed by atoms with Crippen LogP contribution in [0.5, 0.6) is 0 Å². The molecule has 0 bridgehead atoms. The van der Waals surface area contributed by atoms with Crippen LogP contribution >= 0.6 is 0 Å². The summed E-state index contributed by atoms with van der Waals surface area (Å²) in [6.07, 6.45) is 2.29. The van der Waals surface area contributed by atoms with Crippen molar-refractivity contribution in [1.82, 2.24) is 30.7 Å². The Labute approximate surface area is 171 Å². The number of piperidine rings is 2. The Morgan fingerprint density at radius 3 is 1.59 bits per heavy atom. The first-order valence-electron chi connectivity index (χ1n) is 10.5. The third-order valence-corrected chi connectivity index (χ3v) is 5.99. The van der Waals surface area contributed by atoms with Gasteiger partial charge in [0.1, 0.15) is 0 Å². The zero-order valence-electron chi connectivity index (χ0n) is 17.1. The molecule has 4 amide bonds. The summed E-state index contributed by atoms with van der Waals surface area (Å²) in [5, 5.41) is 8.03. The summed E-state index contributed by atoms with van der Waals surface area (Å²) < 4.78 is 0. The van der Waals surface area contributed by atoms with Gasteiger partial charge >= 0.3 is 0 Å². The van der Waals surface area contributed by atoms with Gasteiger partial charge in [-0.2, -0.15) is 0 Å². The summed E-state index contributed by atoms with van der Waals surface area (Å²) >= 11 is 0. The Morgan fingerprint density at radius 1 is 0.690 bits per heavy atom. The van der Waals surface area contributed by atoms with Crippen molar-refractivity contribution in [2.75, 3.05) is 59.4 Å². The topological polar surface area (TPSA) is 114 Å². The van der Waals surface area contributed by atoms with Crippen LogP contribution in [-0.4, -0.2) is 110 Å². The van der Waals surface area contributed by atoms with Crippen molar-refractivity contribution >= 4 is 23.6 Å². The average Bonchev–Trinajstić information content (AvgIpc) is 2.70. The predicted octanol–water partition coefficient (Wildman–Crippen LogP) is -2.26. The highest BCUT2D eigenvalue weighted by atomic mass is 16.2. The maximum absolute atomic E-state index is 11.6. The lowest BCUT2D eigenvalue weighted by atomic mass is 10.0. The molecule has 4 heterocycles. The Bertz CT molecular complexity index is 628. The van der Waals surface area contributed by atoms with Gasteiger partial charge in [-0.3, -0.25) is 39.6 Å². The molecule has 4 saturated heterocycles. The molecule has 0 radical (unpaired) electrons. The molecular weight excluding hydrogens is 376 g/mol. The number of nitrogens with zero attached hydrogens (tertiary/aromatic N) is 3. The van der Waals surface area contributed by atoms with E-state index in [1.165, 1.54) is 0 Å². The molecule has 29 heavy (non-hydrogen) atoms. The second kappa shape index (κ2) is 10.2. The zero-order valence-corrected chi connectivity index (χ0v) is 17.1. The Kier molecular flexibility index (Phi) is 7.70. The third kappa shape index (κ3) is 6.05. The highest BCUT2D eigenvalue weighted by molar-refractivity contribution is 6.00. The maximum Gasteiger partial charge on any atom is 0.243 e. The van der Waals surface area contributed by atoms with E-state index in [-0.39, 0.29) is 35.7 Å². The number of imide groups is 2. The average molecular weight is 409 g/mol. The molecule has 2 unspecified atom stereocenters. The van der Waals surface area contributed by atoms with E-state index in [2.05, 4.69) is 37.7 Å². The lowest BCUT2D eigenvalue weighted by Gasteiger charge is -2.38. The summed E-state index contributed by atoms with van der Waals surface area (Å²) in [7, 11) is 2.09. The molecule has 0 saturated carbocycles. The standard InChI is InChI=1S/C10H17N3O2.C9H15N3O2/c1-12-4-6-13(7-5-12)8-2-3-9(14)11-10(8)15;13-8-2-1-7(9(14)11-8)12-5-3-10-4-6-12/h8H,2-7H2,1H3,(H,11,14,15);7,10H,1-6H2,(H,11,13,14). The van der Waals surface area contributed by atoms with Crippen molar-refractivity contribution in [2.24, 2.45) is 0 Å². The van der Waals surface area contributed by atoms with Crippen molar-refractivity contribution in [2.45, 2.75) is 37.8 Å². The van der Waals surface area contributed by atoms with Crippen molar-refractivity contribution in [3.8, 4) is 0 Å². The van der Waals surface area contributed by atoms with Crippen LogP contribution in [0.3, 0.4) is 0 Å². The van der Waals surface area contributed by atoms with Gasteiger partial charge in [-0.05, 0) is 19.9 Å². The molecule has 3 N–H and O–H groups in total. The number of amides is 4. The summed E-state index contributed by atoms with van der Waals surface area (Å²) in [5.41, 5.74) is 0. The number of carbonyl (C=O) groups excluding carboxylic acids is 4. The van der Waals surface area contributed by atoms with Gasteiger partial charge in [-0.25, -0.2) is 0 Å². The van der Waals surface area contributed by atoms with Crippen molar-refractivity contribution in [1.29, 1.82) is 0 Å². The number of rotatable bonds is 2. The first-order valence-corrected chi connectivity index (χ1v) is 10.5. The highest BCUT2D eigenvalue weighted by Gasteiger charge is 2.33. The van der Waals surface area contributed by atoms with Crippen LogP contribution in [0.2, 0.25) is 0 Å². The summed E-state index contributed by atoms with van der Waals surface area (Å²) in [6.45, 7) is 7.48. The van der Waals surface area contributed by atoms with Crippen molar-refractivity contribution in [3.05, 3.63) is 0 Å². The van der Waals surface area contributed by atoms with Crippen molar-refractivity contribution in [3.63, 3.8) is 0 Å². The zero-order chi connectivity index (χ0) is 20.8. The molecule has 4 aliphatic heterocycles. The normalized spacial score (nSPS) is 30.2. The van der Waals surface area contributed by atoms with E-state index in [0.717, 1.165) is 52.4 Å². The largest absolute Gasteiger partial charge is 0.314 e. The molecule has 10 heteroatoms. The lowest BCUT2D eigenvalue weighted by Crippen LogP contribution is -2.57. The highest BCUT2D eigenvalue weighted by Crippen LogP contribution is 2.14. The van der Waals surface area contributed by atoms with Gasteiger partial charge in [0.25, 0.3) is 0 Å². The SMILES string of the molecule is CN1CCN(C2CCC(=O)NC2=O)CC1.O=C1CCC(N2CCNCC2)C(=O)N1. The van der Waals surface area contributed by atoms with Crippen LogP contribution in [0.15, 0.2) is 0 Å². The van der Waals surface area contributed by atoms with E-state index < -0.39 is 0 Å². The fourth-order valence-corrected chi connectivity index (χ4v) is 4.19. The van der Waals surface area contributed by atoms with Gasteiger partial charge in [0, 0.05) is 65.2 Å². The number of hydrogen-bond acceptors (Lipinski definition) is 8. The Hall–Kier alpha value is -1.88. The van der Waals surface area contributed by atoms with Gasteiger partial charge in [0.05, 0.1) is 12.1 Å². The first kappa shape index (κ1) is 21.8. The second-order valence-electron chi connectivity index (χ2n) is 8.06. The molecule has 4 aliphatic rings. The smallest absolute Gasteiger partial charge is 0.243 e. The van der Waals surface area contributed by atoms with Crippen LogP contribution in [0.1, 0.15) is 25.7 Å². The molecule has 4 fully saturated rings. The van der Waals surface area contributed by atoms with E-state index in [1.807, 2.05) is 0 Å². The summed E-state index contributed by atoms with van der Waals surface area (Å²) in [5.74, 6) is -0.509. The second-order valence-corrected chi connectivity index (χ2v) is 8.06. The van der Waals surface area contributed by atoms with E-state index in [4.69, 9.17) is 0 Å². The minimum Gasteiger partial charge on any atom is -0.314 e. The third-order valence-electron chi connectivity index (χ3n) is 5.99.